The molecular weight excluding hydrogens is 226 g/mol. The molecule has 1 aliphatic carbocycles. The van der Waals surface area contributed by atoms with Crippen LogP contribution in [0.3, 0.4) is 0 Å². The molecular formula is C14H27N3O. The van der Waals surface area contributed by atoms with E-state index in [1.165, 1.54) is 32.1 Å². The summed E-state index contributed by atoms with van der Waals surface area (Å²) in [7, 11) is 1.81. The molecule has 1 saturated heterocycles. The van der Waals surface area contributed by atoms with Gasteiger partial charge in [0.15, 0.2) is 0 Å². The number of likely N-dealkylation sites (N-methyl/N-ethyl adjacent to an activating group) is 1. The second-order valence-corrected chi connectivity index (χ2v) is 5.70. The average Bonchev–Trinajstić information content (AvgIpc) is 2.41. The van der Waals surface area contributed by atoms with Crippen molar-refractivity contribution in [1.29, 1.82) is 0 Å². The van der Waals surface area contributed by atoms with Crippen LogP contribution in [0.4, 0.5) is 0 Å². The Morgan fingerprint density at radius 3 is 2.39 bits per heavy atom. The fraction of sp³-hybridized carbons (Fsp3) is 0.929. The molecule has 4 heteroatoms. The predicted molar refractivity (Wildman–Crippen MR) is 73.5 cm³/mol. The Balaban J connectivity index is 1.69. The van der Waals surface area contributed by atoms with Gasteiger partial charge >= 0.3 is 0 Å². The molecule has 2 N–H and O–H groups in total. The second-order valence-electron chi connectivity index (χ2n) is 5.70. The SMILES string of the molecule is CNCC(=O)NC1CCN(C2CCCCC2)CC1. The van der Waals surface area contributed by atoms with Gasteiger partial charge in [0.1, 0.15) is 0 Å². The van der Waals surface area contributed by atoms with E-state index in [0.29, 0.717) is 12.6 Å². The van der Waals surface area contributed by atoms with E-state index in [4.69, 9.17) is 0 Å². The Morgan fingerprint density at radius 1 is 1.11 bits per heavy atom. The van der Waals surface area contributed by atoms with Crippen LogP contribution in [-0.4, -0.2) is 49.6 Å². The lowest BCUT2D eigenvalue weighted by Crippen LogP contribution is -2.49. The Kier molecular flexibility index (Phi) is 5.45. The summed E-state index contributed by atoms with van der Waals surface area (Å²) in [5.41, 5.74) is 0. The predicted octanol–water partition coefficient (Wildman–Crippen LogP) is 1.12. The zero-order valence-electron chi connectivity index (χ0n) is 11.6. The number of rotatable bonds is 4. The number of nitrogens with zero attached hydrogens (tertiary/aromatic N) is 1. The molecule has 18 heavy (non-hydrogen) atoms. The molecule has 2 aliphatic rings. The van der Waals surface area contributed by atoms with Crippen molar-refractivity contribution in [3.8, 4) is 0 Å². The topological polar surface area (TPSA) is 44.4 Å². The molecule has 1 heterocycles. The van der Waals surface area contributed by atoms with E-state index >= 15 is 0 Å². The molecule has 2 fully saturated rings. The molecule has 0 spiro atoms. The lowest BCUT2D eigenvalue weighted by atomic mass is 9.92. The first kappa shape index (κ1) is 13.8. The molecule has 0 radical (unpaired) electrons. The Labute approximate surface area is 110 Å². The number of amides is 1. The van der Waals surface area contributed by atoms with E-state index in [0.717, 1.165) is 32.0 Å². The van der Waals surface area contributed by atoms with Crippen LogP contribution in [-0.2, 0) is 4.79 Å². The monoisotopic (exact) mass is 253 g/mol. The summed E-state index contributed by atoms with van der Waals surface area (Å²) in [4.78, 5) is 14.2. The van der Waals surface area contributed by atoms with Crippen LogP contribution in [0.25, 0.3) is 0 Å². The third-order valence-electron chi connectivity index (χ3n) is 4.32. The normalized spacial score (nSPS) is 24.1. The quantitative estimate of drug-likeness (QED) is 0.789. The third-order valence-corrected chi connectivity index (χ3v) is 4.32. The van der Waals surface area contributed by atoms with Gasteiger partial charge in [-0.2, -0.15) is 0 Å². The minimum absolute atomic E-state index is 0.133. The molecule has 2 rings (SSSR count). The van der Waals surface area contributed by atoms with Crippen LogP contribution in [0.1, 0.15) is 44.9 Å². The molecule has 1 saturated carbocycles. The first-order valence-corrected chi connectivity index (χ1v) is 7.47. The van der Waals surface area contributed by atoms with Gasteiger partial charge in [0.25, 0.3) is 0 Å². The second kappa shape index (κ2) is 7.10. The summed E-state index contributed by atoms with van der Waals surface area (Å²) in [6.07, 6.45) is 9.24. The van der Waals surface area contributed by atoms with Crippen LogP contribution in [0.2, 0.25) is 0 Å². The standard InChI is InChI=1S/C14H27N3O/c1-15-11-14(18)16-12-7-9-17(10-8-12)13-5-3-2-4-6-13/h12-13,15H,2-11H2,1H3,(H,16,18). The van der Waals surface area contributed by atoms with Crippen molar-refractivity contribution in [2.24, 2.45) is 0 Å². The number of likely N-dealkylation sites (tertiary alicyclic amines) is 1. The van der Waals surface area contributed by atoms with Crippen LogP contribution < -0.4 is 10.6 Å². The summed E-state index contributed by atoms with van der Waals surface area (Å²) in [6, 6.07) is 1.22. The van der Waals surface area contributed by atoms with Gasteiger partial charge in [0.2, 0.25) is 5.91 Å². The van der Waals surface area contributed by atoms with Crippen molar-refractivity contribution >= 4 is 5.91 Å². The molecule has 1 aliphatic heterocycles. The number of carbonyl (C=O) groups is 1. The van der Waals surface area contributed by atoms with Gasteiger partial charge in [-0.05, 0) is 32.7 Å². The van der Waals surface area contributed by atoms with Crippen LogP contribution >= 0.6 is 0 Å². The number of nitrogens with one attached hydrogen (secondary N) is 2. The van der Waals surface area contributed by atoms with E-state index in [9.17, 15) is 4.79 Å². The number of hydrogen-bond donors (Lipinski definition) is 2. The smallest absolute Gasteiger partial charge is 0.234 e. The highest BCUT2D eigenvalue weighted by Gasteiger charge is 2.26. The molecule has 1 amide bonds. The molecule has 104 valence electrons. The van der Waals surface area contributed by atoms with Crippen LogP contribution in [0.5, 0.6) is 0 Å². The van der Waals surface area contributed by atoms with E-state index in [-0.39, 0.29) is 5.91 Å². The van der Waals surface area contributed by atoms with E-state index in [1.54, 1.807) is 0 Å². The third kappa shape index (κ3) is 3.95. The zero-order valence-corrected chi connectivity index (χ0v) is 11.6. The maximum absolute atomic E-state index is 11.5. The summed E-state index contributed by atoms with van der Waals surface area (Å²) < 4.78 is 0. The van der Waals surface area contributed by atoms with Crippen molar-refractivity contribution < 1.29 is 4.79 Å². The van der Waals surface area contributed by atoms with Crippen LogP contribution in [0.15, 0.2) is 0 Å². The largest absolute Gasteiger partial charge is 0.352 e. The van der Waals surface area contributed by atoms with Crippen molar-refractivity contribution in [2.45, 2.75) is 57.0 Å². The summed E-state index contributed by atoms with van der Waals surface area (Å²) in [5, 5.41) is 6.01. The first-order valence-electron chi connectivity index (χ1n) is 7.47. The van der Waals surface area contributed by atoms with Gasteiger partial charge in [-0.1, -0.05) is 19.3 Å². The van der Waals surface area contributed by atoms with Crippen molar-refractivity contribution in [3.63, 3.8) is 0 Å². The van der Waals surface area contributed by atoms with Crippen molar-refractivity contribution in [2.75, 3.05) is 26.7 Å². The molecule has 0 bridgehead atoms. The highest BCUT2D eigenvalue weighted by atomic mass is 16.1. The number of piperidine rings is 1. The minimum Gasteiger partial charge on any atom is -0.352 e. The lowest BCUT2D eigenvalue weighted by molar-refractivity contribution is -0.121. The van der Waals surface area contributed by atoms with Gasteiger partial charge < -0.3 is 15.5 Å². The van der Waals surface area contributed by atoms with E-state index < -0.39 is 0 Å². The van der Waals surface area contributed by atoms with Gasteiger partial charge in [0.05, 0.1) is 6.54 Å². The summed E-state index contributed by atoms with van der Waals surface area (Å²) in [5.74, 6) is 0.133. The number of hydrogen-bond acceptors (Lipinski definition) is 3. The Hall–Kier alpha value is -0.610. The van der Waals surface area contributed by atoms with E-state index in [1.807, 2.05) is 7.05 Å². The van der Waals surface area contributed by atoms with Crippen molar-refractivity contribution in [3.05, 3.63) is 0 Å². The van der Waals surface area contributed by atoms with Gasteiger partial charge in [-0.25, -0.2) is 0 Å². The molecule has 0 aromatic heterocycles. The molecule has 0 unspecified atom stereocenters. The maximum atomic E-state index is 11.5. The molecule has 0 aromatic rings. The van der Waals surface area contributed by atoms with Crippen molar-refractivity contribution in [1.82, 2.24) is 15.5 Å². The zero-order chi connectivity index (χ0) is 12.8. The van der Waals surface area contributed by atoms with Crippen LogP contribution in [0, 0.1) is 0 Å². The molecule has 0 atom stereocenters. The number of carbonyl (C=O) groups excluding carboxylic acids is 1. The van der Waals surface area contributed by atoms with Gasteiger partial charge in [-0.15, -0.1) is 0 Å². The summed E-state index contributed by atoms with van der Waals surface area (Å²) >= 11 is 0. The fourth-order valence-corrected chi connectivity index (χ4v) is 3.29. The molecule has 0 aromatic carbocycles. The van der Waals surface area contributed by atoms with Gasteiger partial charge in [-0.3, -0.25) is 4.79 Å². The fourth-order valence-electron chi connectivity index (χ4n) is 3.29. The highest BCUT2D eigenvalue weighted by molar-refractivity contribution is 5.78. The summed E-state index contributed by atoms with van der Waals surface area (Å²) in [6.45, 7) is 2.76. The average molecular weight is 253 g/mol. The lowest BCUT2D eigenvalue weighted by Gasteiger charge is -2.39. The maximum Gasteiger partial charge on any atom is 0.234 e. The first-order chi connectivity index (χ1) is 8.79. The minimum atomic E-state index is 0.133. The Bertz CT molecular complexity index is 256. The highest BCUT2D eigenvalue weighted by Crippen LogP contribution is 2.25. The Morgan fingerprint density at radius 2 is 1.78 bits per heavy atom. The van der Waals surface area contributed by atoms with E-state index in [2.05, 4.69) is 15.5 Å². The van der Waals surface area contributed by atoms with Gasteiger partial charge in [0, 0.05) is 25.2 Å². The molecule has 4 nitrogen and oxygen atoms in total.